The first-order valence-electron chi connectivity index (χ1n) is 10.7. The number of sulfonamides is 1. The van der Waals surface area contributed by atoms with E-state index in [1.807, 2.05) is 16.7 Å². The second-order valence-corrected chi connectivity index (χ2v) is 10.8. The molecule has 9 heteroatoms. The summed E-state index contributed by atoms with van der Waals surface area (Å²) in [6.07, 6.45) is 4.41. The molecular formula is C19H32N4O4S. The maximum absolute atomic E-state index is 13.1. The molecular weight excluding hydrogens is 380 g/mol. The zero-order valence-corrected chi connectivity index (χ0v) is 17.6. The molecule has 0 aliphatic carbocycles. The van der Waals surface area contributed by atoms with Gasteiger partial charge in [0, 0.05) is 45.2 Å². The standard InChI is InChI=1S/C19H32N4O4S/c1-2-10-28(26,27)22-8-6-20(7-9-22)19(25)21-12-15-11-16(14-21)17-4-3-5-18(24)23(17)13-15/h15-17H,2-14H2,1H3/t15?,16?,17-/m1/s1. The quantitative estimate of drug-likeness (QED) is 0.648. The van der Waals surface area contributed by atoms with E-state index in [-0.39, 0.29) is 17.7 Å². The predicted molar refractivity (Wildman–Crippen MR) is 105 cm³/mol. The van der Waals surface area contributed by atoms with Crippen LogP contribution in [0.15, 0.2) is 0 Å². The lowest BCUT2D eigenvalue weighted by Gasteiger charge is -2.53. The molecule has 4 atom stereocenters. The molecule has 4 aliphatic heterocycles. The van der Waals surface area contributed by atoms with Crippen LogP contribution in [0, 0.1) is 11.8 Å². The van der Waals surface area contributed by atoms with E-state index in [1.54, 1.807) is 0 Å². The number of rotatable bonds is 3. The lowest BCUT2D eigenvalue weighted by molar-refractivity contribution is -0.144. The van der Waals surface area contributed by atoms with Crippen molar-refractivity contribution in [2.45, 2.75) is 45.1 Å². The molecule has 4 aliphatic rings. The number of likely N-dealkylation sites (tertiary alicyclic amines) is 1. The summed E-state index contributed by atoms with van der Waals surface area (Å²) in [7, 11) is -3.19. The summed E-state index contributed by atoms with van der Waals surface area (Å²) in [5.74, 6) is 1.21. The van der Waals surface area contributed by atoms with Crippen LogP contribution in [0.25, 0.3) is 0 Å². The van der Waals surface area contributed by atoms with Crippen molar-refractivity contribution >= 4 is 22.3 Å². The van der Waals surface area contributed by atoms with Gasteiger partial charge in [0.15, 0.2) is 0 Å². The van der Waals surface area contributed by atoms with Gasteiger partial charge in [0.05, 0.1) is 13.1 Å². The highest BCUT2D eigenvalue weighted by Crippen LogP contribution is 2.38. The highest BCUT2D eigenvalue weighted by Gasteiger charge is 2.45. The molecule has 4 heterocycles. The van der Waals surface area contributed by atoms with Gasteiger partial charge in [0.2, 0.25) is 5.91 Å². The average molecular weight is 413 g/mol. The minimum Gasteiger partial charge on any atom is -0.598 e. The molecule has 4 saturated heterocycles. The highest BCUT2D eigenvalue weighted by molar-refractivity contribution is 7.95. The maximum atomic E-state index is 13.1. The fraction of sp³-hybridized carbons (Fsp3) is 0.895. The molecule has 8 nitrogen and oxygen atoms in total. The third-order valence-corrected chi connectivity index (χ3v) is 8.89. The van der Waals surface area contributed by atoms with Crippen molar-refractivity contribution in [3.8, 4) is 0 Å². The lowest BCUT2D eigenvalue weighted by atomic mass is 9.76. The van der Waals surface area contributed by atoms with Gasteiger partial charge in [-0.05, 0) is 37.5 Å². The molecule has 4 rings (SSSR count). The molecule has 2 bridgehead atoms. The number of amides is 3. The van der Waals surface area contributed by atoms with Crippen LogP contribution in [0.1, 0.15) is 39.0 Å². The van der Waals surface area contributed by atoms with Crippen molar-refractivity contribution < 1.29 is 18.4 Å². The number of piperidine rings is 3. The van der Waals surface area contributed by atoms with Gasteiger partial charge in [-0.15, -0.1) is 4.31 Å². The van der Waals surface area contributed by atoms with Crippen molar-refractivity contribution in [1.29, 1.82) is 0 Å². The van der Waals surface area contributed by atoms with E-state index in [0.717, 1.165) is 32.4 Å². The molecule has 0 radical (unpaired) electrons. The van der Waals surface area contributed by atoms with Gasteiger partial charge in [0.1, 0.15) is 16.2 Å². The minimum atomic E-state index is -3.19. The van der Waals surface area contributed by atoms with Crippen molar-refractivity contribution in [2.75, 3.05) is 51.6 Å². The van der Waals surface area contributed by atoms with Crippen molar-refractivity contribution in [2.24, 2.45) is 11.8 Å². The Labute approximate surface area is 168 Å². The topological polar surface area (TPSA) is 87.2 Å². The summed E-state index contributed by atoms with van der Waals surface area (Å²) in [6.45, 7) is 5.78. The van der Waals surface area contributed by atoms with Crippen LogP contribution in [-0.2, 0) is 19.4 Å². The maximum Gasteiger partial charge on any atom is 0.320 e. The lowest BCUT2D eigenvalue weighted by Crippen LogP contribution is -2.63. The van der Waals surface area contributed by atoms with Crippen LogP contribution < -0.4 is 0 Å². The Bertz CT molecular complexity index is 666. The van der Waals surface area contributed by atoms with Gasteiger partial charge in [-0.2, -0.15) is 0 Å². The van der Waals surface area contributed by atoms with Gasteiger partial charge in [-0.3, -0.25) is 4.79 Å². The third-order valence-electron chi connectivity index (χ3n) is 6.81. The number of urea groups is 1. The average Bonchev–Trinajstić information content (AvgIpc) is 2.68. The molecule has 0 aromatic rings. The second kappa shape index (κ2) is 7.91. The summed E-state index contributed by atoms with van der Waals surface area (Å²) in [5, 5.41) is 0. The SMILES string of the molecule is CCC[S+](=O)([O-])N1CCN(C(=O)N2CC3CC(C2)[C@H]2CCCC(=O)N2C3)CC1. The predicted octanol–water partition coefficient (Wildman–Crippen LogP) is 1.01. The molecule has 0 aromatic heterocycles. The minimum absolute atomic E-state index is 0.0397. The molecule has 0 N–H and O–H groups in total. The van der Waals surface area contributed by atoms with Crippen molar-refractivity contribution in [3.05, 3.63) is 0 Å². The molecule has 0 aromatic carbocycles. The summed E-state index contributed by atoms with van der Waals surface area (Å²) in [6, 6.07) is 0.335. The number of piperazine rings is 1. The molecule has 3 amide bonds. The first kappa shape index (κ1) is 20.1. The number of fused-ring (bicyclic) bond motifs is 4. The van der Waals surface area contributed by atoms with Crippen LogP contribution in [0.2, 0.25) is 0 Å². The molecule has 0 spiro atoms. The molecule has 4 fully saturated rings. The largest absolute Gasteiger partial charge is 0.598 e. The number of hydrogen-bond donors (Lipinski definition) is 0. The van der Waals surface area contributed by atoms with Crippen molar-refractivity contribution in [3.63, 3.8) is 0 Å². The number of nitrogens with zero attached hydrogens (tertiary/aromatic N) is 4. The van der Waals surface area contributed by atoms with Crippen LogP contribution in [0.4, 0.5) is 4.79 Å². The Morgan fingerprint density at radius 1 is 1.14 bits per heavy atom. The van der Waals surface area contributed by atoms with E-state index in [9.17, 15) is 18.4 Å². The van der Waals surface area contributed by atoms with Gasteiger partial charge < -0.3 is 19.3 Å². The first-order chi connectivity index (χ1) is 13.4. The number of carbonyl (C=O) groups is 2. The zero-order valence-electron chi connectivity index (χ0n) is 16.8. The van der Waals surface area contributed by atoms with E-state index in [0.29, 0.717) is 63.4 Å². The Morgan fingerprint density at radius 3 is 2.61 bits per heavy atom. The van der Waals surface area contributed by atoms with Crippen LogP contribution in [0.5, 0.6) is 0 Å². The van der Waals surface area contributed by atoms with E-state index in [1.165, 1.54) is 4.31 Å². The monoisotopic (exact) mass is 412 g/mol. The first-order valence-corrected chi connectivity index (χ1v) is 12.3. The van der Waals surface area contributed by atoms with Crippen molar-refractivity contribution in [1.82, 2.24) is 19.0 Å². The Kier molecular flexibility index (Phi) is 5.68. The van der Waals surface area contributed by atoms with E-state index in [4.69, 9.17) is 0 Å². The summed E-state index contributed by atoms with van der Waals surface area (Å²) in [4.78, 5) is 31.2. The van der Waals surface area contributed by atoms with E-state index < -0.39 is 10.4 Å². The Morgan fingerprint density at radius 2 is 1.89 bits per heavy atom. The molecule has 28 heavy (non-hydrogen) atoms. The van der Waals surface area contributed by atoms with E-state index >= 15 is 0 Å². The number of carbonyl (C=O) groups excluding carboxylic acids is 2. The van der Waals surface area contributed by atoms with Gasteiger partial charge in [-0.1, -0.05) is 11.1 Å². The van der Waals surface area contributed by atoms with Gasteiger partial charge in [-0.25, -0.2) is 4.79 Å². The second-order valence-electron chi connectivity index (χ2n) is 8.76. The Hall–Kier alpha value is -1.19. The highest BCUT2D eigenvalue weighted by atomic mass is 32.3. The van der Waals surface area contributed by atoms with E-state index in [2.05, 4.69) is 4.90 Å². The van der Waals surface area contributed by atoms with Crippen LogP contribution in [0.3, 0.4) is 0 Å². The fourth-order valence-electron chi connectivity index (χ4n) is 5.51. The number of hydrogen-bond acceptors (Lipinski definition) is 4. The normalized spacial score (nSPS) is 33.4. The van der Waals surface area contributed by atoms with Crippen LogP contribution in [-0.4, -0.2) is 93.1 Å². The molecule has 0 saturated carbocycles. The summed E-state index contributed by atoms with van der Waals surface area (Å²) in [5.41, 5.74) is 0. The van der Waals surface area contributed by atoms with Gasteiger partial charge >= 0.3 is 6.03 Å². The summed E-state index contributed by atoms with van der Waals surface area (Å²) < 4.78 is 26.0. The summed E-state index contributed by atoms with van der Waals surface area (Å²) >= 11 is 0. The zero-order chi connectivity index (χ0) is 19.9. The fourth-order valence-corrected chi connectivity index (χ4v) is 7.00. The third kappa shape index (κ3) is 3.80. The van der Waals surface area contributed by atoms with Gasteiger partial charge in [0.25, 0.3) is 0 Å². The molecule has 3 unspecified atom stereocenters. The van der Waals surface area contributed by atoms with Crippen LogP contribution >= 0.6 is 0 Å². The Balaban J connectivity index is 1.35. The molecule has 158 valence electrons. The smallest absolute Gasteiger partial charge is 0.320 e.